The molecule has 1 aromatic carbocycles. The van der Waals surface area contributed by atoms with Gasteiger partial charge in [0.15, 0.2) is 0 Å². The van der Waals surface area contributed by atoms with Crippen molar-refractivity contribution in [1.29, 1.82) is 0 Å². The van der Waals surface area contributed by atoms with E-state index >= 15 is 0 Å². The van der Waals surface area contributed by atoms with Crippen LogP contribution in [-0.2, 0) is 0 Å². The first-order chi connectivity index (χ1) is 7.30. The topological polar surface area (TPSA) is 21.3 Å². The number of benzene rings is 1. The first-order valence-electron chi connectivity index (χ1n) is 5.33. The Morgan fingerprint density at radius 3 is 2.53 bits per heavy atom. The maximum atomic E-state index is 5.10. The monoisotopic (exact) mass is 205 g/mol. The zero-order chi connectivity index (χ0) is 11.1. The number of nitrogens with one attached hydrogen (secondary N) is 1. The van der Waals surface area contributed by atoms with E-state index in [1.807, 2.05) is 30.3 Å². The molecular formula is C13H19NO. The molecule has 0 saturated heterocycles. The predicted molar refractivity (Wildman–Crippen MR) is 65.5 cm³/mol. The molecule has 0 aliphatic carbocycles. The van der Waals surface area contributed by atoms with Crippen LogP contribution in [0.25, 0.3) is 0 Å². The Morgan fingerprint density at radius 2 is 2.07 bits per heavy atom. The van der Waals surface area contributed by atoms with Gasteiger partial charge in [-0.25, -0.2) is 0 Å². The van der Waals surface area contributed by atoms with Crippen LogP contribution in [0.1, 0.15) is 19.8 Å². The van der Waals surface area contributed by atoms with Crippen molar-refractivity contribution in [1.82, 2.24) is 0 Å². The summed E-state index contributed by atoms with van der Waals surface area (Å²) in [6.07, 6.45) is 4.21. The number of methoxy groups -OCH3 is 1. The van der Waals surface area contributed by atoms with Crippen LogP contribution in [0.4, 0.5) is 5.69 Å². The Balaban J connectivity index is 2.58. The number of rotatable bonds is 6. The van der Waals surface area contributed by atoms with E-state index in [1.165, 1.54) is 0 Å². The fraction of sp³-hybridized carbons (Fsp3) is 0.385. The molecule has 1 rings (SSSR count). The number of hydrogen-bond acceptors (Lipinski definition) is 2. The molecule has 1 N–H and O–H groups in total. The molecule has 1 aromatic rings. The molecule has 0 fully saturated rings. The van der Waals surface area contributed by atoms with Gasteiger partial charge in [0, 0.05) is 11.7 Å². The highest BCUT2D eigenvalue weighted by Gasteiger charge is 2.02. The molecule has 0 saturated carbocycles. The normalized spacial score (nSPS) is 11.9. The first-order valence-corrected chi connectivity index (χ1v) is 5.33. The first kappa shape index (κ1) is 11.6. The average molecular weight is 205 g/mol. The van der Waals surface area contributed by atoms with Gasteiger partial charge in [0.05, 0.1) is 7.11 Å². The Morgan fingerprint density at radius 1 is 1.40 bits per heavy atom. The third-order valence-corrected chi connectivity index (χ3v) is 2.33. The molecule has 2 heteroatoms. The molecule has 0 heterocycles. The van der Waals surface area contributed by atoms with Crippen molar-refractivity contribution in [3.8, 4) is 5.75 Å². The van der Waals surface area contributed by atoms with Crippen LogP contribution >= 0.6 is 0 Å². The Hall–Kier alpha value is -1.44. The molecule has 0 aromatic heterocycles. The lowest BCUT2D eigenvalue weighted by molar-refractivity contribution is 0.415. The van der Waals surface area contributed by atoms with Crippen molar-refractivity contribution in [2.24, 2.45) is 0 Å². The summed E-state index contributed by atoms with van der Waals surface area (Å²) in [6, 6.07) is 8.29. The van der Waals surface area contributed by atoms with Crippen molar-refractivity contribution in [3.63, 3.8) is 0 Å². The lowest BCUT2D eigenvalue weighted by atomic mass is 10.1. The number of ether oxygens (including phenoxy) is 1. The lowest BCUT2D eigenvalue weighted by Gasteiger charge is -2.15. The minimum Gasteiger partial charge on any atom is -0.497 e. The van der Waals surface area contributed by atoms with Crippen LogP contribution in [0.5, 0.6) is 5.75 Å². The van der Waals surface area contributed by atoms with E-state index in [0.717, 1.165) is 24.3 Å². The highest BCUT2D eigenvalue weighted by molar-refractivity contribution is 5.47. The zero-order valence-corrected chi connectivity index (χ0v) is 9.49. The van der Waals surface area contributed by atoms with E-state index < -0.39 is 0 Å². The van der Waals surface area contributed by atoms with Crippen LogP contribution in [-0.4, -0.2) is 13.2 Å². The molecule has 0 spiro atoms. The molecule has 0 aliphatic rings. The minimum absolute atomic E-state index is 0.350. The van der Waals surface area contributed by atoms with E-state index in [-0.39, 0.29) is 0 Å². The second kappa shape index (κ2) is 6.12. The number of anilines is 1. The van der Waals surface area contributed by atoms with E-state index in [4.69, 9.17) is 4.74 Å². The van der Waals surface area contributed by atoms with Gasteiger partial charge in [-0.15, -0.1) is 6.58 Å². The molecular weight excluding hydrogens is 186 g/mol. The van der Waals surface area contributed by atoms with Gasteiger partial charge in [-0.05, 0) is 30.7 Å². The van der Waals surface area contributed by atoms with Gasteiger partial charge in [-0.2, -0.15) is 0 Å². The Kier molecular flexibility index (Phi) is 4.75. The van der Waals surface area contributed by atoms with Gasteiger partial charge in [-0.3, -0.25) is 0 Å². The third kappa shape index (κ3) is 3.66. The predicted octanol–water partition coefficient (Wildman–Crippen LogP) is 3.46. The molecule has 0 amide bonds. The fourth-order valence-electron chi connectivity index (χ4n) is 1.46. The maximum absolute atomic E-state index is 5.10. The smallest absolute Gasteiger partial charge is 0.119 e. The van der Waals surface area contributed by atoms with Gasteiger partial charge < -0.3 is 10.1 Å². The van der Waals surface area contributed by atoms with Crippen LogP contribution in [0.15, 0.2) is 36.9 Å². The second-order valence-corrected chi connectivity index (χ2v) is 3.50. The largest absolute Gasteiger partial charge is 0.497 e. The summed E-state index contributed by atoms with van der Waals surface area (Å²) in [6.45, 7) is 6.00. The molecule has 82 valence electrons. The SMILES string of the molecule is C=C[C@@H](CCC)Nc1ccc(OC)cc1. The maximum Gasteiger partial charge on any atom is 0.119 e. The summed E-state index contributed by atoms with van der Waals surface area (Å²) in [5.41, 5.74) is 1.11. The van der Waals surface area contributed by atoms with Crippen molar-refractivity contribution >= 4 is 5.69 Å². The summed E-state index contributed by atoms with van der Waals surface area (Å²) in [5, 5.41) is 3.41. The summed E-state index contributed by atoms with van der Waals surface area (Å²) < 4.78 is 5.10. The van der Waals surface area contributed by atoms with Gasteiger partial charge in [-0.1, -0.05) is 19.4 Å². The minimum atomic E-state index is 0.350. The van der Waals surface area contributed by atoms with Crippen molar-refractivity contribution < 1.29 is 4.74 Å². The van der Waals surface area contributed by atoms with Crippen LogP contribution < -0.4 is 10.1 Å². The fourth-order valence-corrected chi connectivity index (χ4v) is 1.46. The summed E-state index contributed by atoms with van der Waals surface area (Å²) >= 11 is 0. The summed E-state index contributed by atoms with van der Waals surface area (Å²) in [4.78, 5) is 0. The molecule has 0 bridgehead atoms. The van der Waals surface area contributed by atoms with Gasteiger partial charge in [0.25, 0.3) is 0 Å². The van der Waals surface area contributed by atoms with Crippen molar-refractivity contribution in [2.45, 2.75) is 25.8 Å². The van der Waals surface area contributed by atoms with E-state index in [2.05, 4.69) is 18.8 Å². The van der Waals surface area contributed by atoms with Gasteiger partial charge >= 0.3 is 0 Å². The summed E-state index contributed by atoms with van der Waals surface area (Å²) in [7, 11) is 1.67. The quantitative estimate of drug-likeness (QED) is 0.718. The van der Waals surface area contributed by atoms with Crippen LogP contribution in [0, 0.1) is 0 Å². The molecule has 15 heavy (non-hydrogen) atoms. The van der Waals surface area contributed by atoms with Crippen molar-refractivity contribution in [3.05, 3.63) is 36.9 Å². The van der Waals surface area contributed by atoms with E-state index in [1.54, 1.807) is 7.11 Å². The van der Waals surface area contributed by atoms with Crippen LogP contribution in [0.3, 0.4) is 0 Å². The molecule has 1 atom stereocenters. The van der Waals surface area contributed by atoms with E-state index in [9.17, 15) is 0 Å². The molecule has 0 radical (unpaired) electrons. The molecule has 0 aliphatic heterocycles. The molecule has 0 unspecified atom stereocenters. The lowest BCUT2D eigenvalue weighted by Crippen LogP contribution is -2.15. The zero-order valence-electron chi connectivity index (χ0n) is 9.49. The Labute approximate surface area is 92.0 Å². The second-order valence-electron chi connectivity index (χ2n) is 3.50. The van der Waals surface area contributed by atoms with E-state index in [0.29, 0.717) is 6.04 Å². The van der Waals surface area contributed by atoms with Crippen molar-refractivity contribution in [2.75, 3.05) is 12.4 Å². The Bertz CT molecular complexity index is 292. The third-order valence-electron chi connectivity index (χ3n) is 2.33. The number of hydrogen-bond donors (Lipinski definition) is 1. The highest BCUT2D eigenvalue weighted by atomic mass is 16.5. The highest BCUT2D eigenvalue weighted by Crippen LogP contribution is 2.16. The standard InChI is InChI=1S/C13H19NO/c1-4-6-11(5-2)14-12-7-9-13(15-3)10-8-12/h5,7-11,14H,2,4,6H2,1,3H3/t11-/m0/s1. The molecule has 2 nitrogen and oxygen atoms in total. The average Bonchev–Trinajstić information content (AvgIpc) is 2.29. The van der Waals surface area contributed by atoms with Crippen LogP contribution in [0.2, 0.25) is 0 Å². The van der Waals surface area contributed by atoms with Gasteiger partial charge in [0.1, 0.15) is 5.75 Å². The van der Waals surface area contributed by atoms with Gasteiger partial charge in [0.2, 0.25) is 0 Å². The summed E-state index contributed by atoms with van der Waals surface area (Å²) in [5.74, 6) is 0.881.